The van der Waals surface area contributed by atoms with Crippen molar-refractivity contribution in [3.8, 4) is 11.7 Å². The van der Waals surface area contributed by atoms with Crippen LogP contribution in [0.3, 0.4) is 0 Å². The second kappa shape index (κ2) is 6.29. The van der Waals surface area contributed by atoms with Gasteiger partial charge in [0.2, 0.25) is 0 Å². The zero-order valence-electron chi connectivity index (χ0n) is 12.7. The molecule has 0 amide bonds. The third kappa shape index (κ3) is 2.85. The number of nitrogens with zero attached hydrogens (tertiary/aromatic N) is 1. The van der Waals surface area contributed by atoms with E-state index in [1.807, 2.05) is 18.2 Å². The van der Waals surface area contributed by atoms with Crippen LogP contribution in [0.25, 0.3) is 0 Å². The van der Waals surface area contributed by atoms with Gasteiger partial charge in [0.05, 0.1) is 25.9 Å². The van der Waals surface area contributed by atoms with Crippen molar-refractivity contribution in [2.75, 3.05) is 20.3 Å². The van der Waals surface area contributed by atoms with Gasteiger partial charge in [-0.15, -0.1) is 0 Å². The number of nitriles is 1. The zero-order chi connectivity index (χ0) is 15.6. The Morgan fingerprint density at radius 1 is 1.32 bits per heavy atom. The average molecular weight is 301 g/mol. The molecule has 1 N–H and O–H groups in total. The summed E-state index contributed by atoms with van der Waals surface area (Å²) < 4.78 is 16.5. The van der Waals surface area contributed by atoms with E-state index in [1.165, 1.54) is 0 Å². The fourth-order valence-electron chi connectivity index (χ4n) is 3.25. The monoisotopic (exact) mass is 301 g/mol. The van der Waals surface area contributed by atoms with E-state index in [9.17, 15) is 5.11 Å². The molecular weight excluding hydrogens is 281 g/mol. The molecule has 1 aromatic carbocycles. The molecule has 5 nitrogen and oxygen atoms in total. The Kier molecular flexibility index (Phi) is 4.39. The summed E-state index contributed by atoms with van der Waals surface area (Å²) in [6, 6.07) is 5.68. The van der Waals surface area contributed by atoms with Gasteiger partial charge in [-0.25, -0.2) is 5.26 Å². The van der Waals surface area contributed by atoms with Crippen molar-refractivity contribution in [3.63, 3.8) is 0 Å². The molecule has 2 aliphatic rings. The van der Waals surface area contributed by atoms with Crippen LogP contribution in [0, 0.1) is 11.2 Å². The van der Waals surface area contributed by atoms with E-state index in [0.29, 0.717) is 31.8 Å². The van der Waals surface area contributed by atoms with Crippen LogP contribution in [0.4, 0.5) is 0 Å². The van der Waals surface area contributed by atoms with Gasteiger partial charge < -0.3 is 19.3 Å². The van der Waals surface area contributed by atoms with Gasteiger partial charge in [0.15, 0.2) is 6.29 Å². The highest BCUT2D eigenvalue weighted by molar-refractivity contribution is 6.67. The van der Waals surface area contributed by atoms with Gasteiger partial charge in [0, 0.05) is 11.5 Å². The van der Waals surface area contributed by atoms with Crippen molar-refractivity contribution < 1.29 is 19.3 Å². The van der Waals surface area contributed by atoms with Gasteiger partial charge in [-0.1, -0.05) is 18.7 Å². The fraction of sp³-hybridized carbons (Fsp3) is 0.562. The molecule has 116 valence electrons. The average Bonchev–Trinajstić information content (AvgIpc) is 3.09. The van der Waals surface area contributed by atoms with Crippen molar-refractivity contribution in [2.24, 2.45) is 0 Å². The first kappa shape index (κ1) is 15.4. The van der Waals surface area contributed by atoms with Crippen LogP contribution >= 0.6 is 0 Å². The summed E-state index contributed by atoms with van der Waals surface area (Å²) in [6.45, 7) is 1.21. The molecule has 2 saturated heterocycles. The second-order valence-corrected chi connectivity index (χ2v) is 5.97. The summed E-state index contributed by atoms with van der Waals surface area (Å²) in [7, 11) is 1.61. The molecule has 0 spiro atoms. The minimum Gasteiger partial charge on any atom is -0.496 e. The molecule has 1 aromatic rings. The first-order valence-electron chi connectivity index (χ1n) is 7.70. The zero-order valence-corrected chi connectivity index (χ0v) is 12.7. The topological polar surface area (TPSA) is 71.7 Å². The maximum absolute atomic E-state index is 10.9. The molecule has 2 heterocycles. The number of hydrogen-bond acceptors (Lipinski definition) is 5. The third-order valence-electron chi connectivity index (χ3n) is 4.64. The minimum absolute atomic E-state index is 0.0572. The predicted molar refractivity (Wildman–Crippen MR) is 81.8 cm³/mol. The molecule has 2 aliphatic heterocycles. The molecule has 0 bridgehead atoms. The van der Waals surface area contributed by atoms with Gasteiger partial charge in [-0.2, -0.15) is 0 Å². The lowest BCUT2D eigenvalue weighted by atomic mass is 9.41. The maximum atomic E-state index is 10.9. The number of hydrogen-bond donors (Lipinski definition) is 1. The van der Waals surface area contributed by atoms with Crippen LogP contribution < -0.4 is 4.74 Å². The Labute approximate surface area is 130 Å². The maximum Gasteiger partial charge on any atom is 0.268 e. The summed E-state index contributed by atoms with van der Waals surface area (Å²) in [4.78, 5) is 0. The highest BCUT2D eigenvalue weighted by atomic mass is 16.7. The summed E-state index contributed by atoms with van der Waals surface area (Å²) in [5, 5.41) is 19.9. The first-order chi connectivity index (χ1) is 10.7. The van der Waals surface area contributed by atoms with Crippen molar-refractivity contribution in [1.29, 1.82) is 5.26 Å². The quantitative estimate of drug-likeness (QED) is 0.867. The molecule has 2 fully saturated rings. The molecule has 0 atom stereocenters. The van der Waals surface area contributed by atoms with Crippen LogP contribution in [0.5, 0.6) is 5.75 Å². The summed E-state index contributed by atoms with van der Waals surface area (Å²) >= 11 is 0. The molecule has 6 heteroatoms. The number of rotatable bonds is 3. The van der Waals surface area contributed by atoms with Crippen molar-refractivity contribution >= 4 is 6.71 Å². The lowest BCUT2D eigenvalue weighted by Gasteiger charge is -2.34. The summed E-state index contributed by atoms with van der Waals surface area (Å²) in [5.41, 5.74) is 0.803. The van der Waals surface area contributed by atoms with Crippen molar-refractivity contribution in [1.82, 2.24) is 0 Å². The predicted octanol–water partition coefficient (Wildman–Crippen LogP) is 2.28. The van der Waals surface area contributed by atoms with Crippen LogP contribution in [0.1, 0.15) is 30.3 Å². The van der Waals surface area contributed by atoms with Gasteiger partial charge in [-0.3, -0.25) is 0 Å². The summed E-state index contributed by atoms with van der Waals surface area (Å²) in [6.07, 6.45) is 2.26. The lowest BCUT2D eigenvalue weighted by Crippen LogP contribution is -2.34. The molecule has 0 saturated carbocycles. The van der Waals surface area contributed by atoms with Crippen LogP contribution in [-0.2, 0) is 15.1 Å². The Hall–Kier alpha value is -1.55. The van der Waals surface area contributed by atoms with Gasteiger partial charge in [0.1, 0.15) is 5.75 Å². The van der Waals surface area contributed by atoms with Gasteiger partial charge in [0.25, 0.3) is 6.71 Å². The van der Waals surface area contributed by atoms with E-state index < -0.39 is 11.9 Å². The van der Waals surface area contributed by atoms with Crippen LogP contribution in [0.15, 0.2) is 18.2 Å². The molecule has 22 heavy (non-hydrogen) atoms. The first-order valence-corrected chi connectivity index (χ1v) is 7.70. The Balaban J connectivity index is 1.84. The molecule has 0 aliphatic carbocycles. The highest BCUT2D eigenvalue weighted by Gasteiger charge is 2.37. The number of aliphatic hydroxyl groups is 1. The molecule has 0 aromatic heterocycles. The number of ether oxygens (including phenoxy) is 3. The largest absolute Gasteiger partial charge is 0.496 e. The second-order valence-electron chi connectivity index (χ2n) is 5.97. The fourth-order valence-corrected chi connectivity index (χ4v) is 3.25. The highest BCUT2D eigenvalue weighted by Crippen LogP contribution is 2.41. The number of methoxy groups -OCH3 is 1. The molecular formula is C16H20BNO4. The Bertz CT molecular complexity index is 572. The van der Waals surface area contributed by atoms with E-state index >= 15 is 0 Å². The normalized spacial score (nSPS) is 21.6. The van der Waals surface area contributed by atoms with E-state index in [1.54, 1.807) is 7.11 Å². The molecule has 0 radical (unpaired) electrons. The van der Waals surface area contributed by atoms with Crippen LogP contribution in [-0.4, -0.2) is 32.1 Å². The van der Waals surface area contributed by atoms with E-state index in [2.05, 4.69) is 5.97 Å². The number of benzene rings is 1. The summed E-state index contributed by atoms with van der Waals surface area (Å²) in [5.74, 6) is 2.96. The van der Waals surface area contributed by atoms with E-state index in [-0.39, 0.29) is 6.71 Å². The van der Waals surface area contributed by atoms with Crippen molar-refractivity contribution in [3.05, 3.63) is 29.3 Å². The van der Waals surface area contributed by atoms with Gasteiger partial charge in [-0.05, 0) is 30.5 Å². The lowest BCUT2D eigenvalue weighted by molar-refractivity contribution is -0.0456. The standard InChI is InChI=1S/C16H20BNO4/c1-20-14-10-12(2-3-13(14)15-21-8-9-22-15)16(19)4-6-17(11-18)7-5-16/h2-3,10,15,19H,4-9H2,1H3. The Morgan fingerprint density at radius 2 is 2.00 bits per heavy atom. The van der Waals surface area contributed by atoms with E-state index in [4.69, 9.17) is 19.5 Å². The van der Waals surface area contributed by atoms with Crippen molar-refractivity contribution in [2.45, 2.75) is 37.4 Å². The minimum atomic E-state index is -0.878. The Morgan fingerprint density at radius 3 is 2.59 bits per heavy atom. The third-order valence-corrected chi connectivity index (χ3v) is 4.64. The van der Waals surface area contributed by atoms with E-state index in [0.717, 1.165) is 23.8 Å². The van der Waals surface area contributed by atoms with Gasteiger partial charge >= 0.3 is 0 Å². The SMILES string of the molecule is COc1cc(C2(O)CCB(C#N)CC2)ccc1C1OCCO1. The molecule has 3 rings (SSSR count). The molecule has 0 unspecified atom stereocenters. The van der Waals surface area contributed by atoms with Crippen LogP contribution in [0.2, 0.25) is 12.6 Å². The smallest absolute Gasteiger partial charge is 0.268 e.